The number of aryl methyl sites for hydroxylation is 1. The monoisotopic (exact) mass is 295 g/mol. The maximum atomic E-state index is 13.1. The quantitative estimate of drug-likeness (QED) is 0.850. The van der Waals surface area contributed by atoms with Crippen LogP contribution in [0.5, 0.6) is 0 Å². The molecule has 7 heteroatoms. The van der Waals surface area contributed by atoms with E-state index in [-0.39, 0.29) is 4.90 Å². The lowest BCUT2D eigenvalue weighted by molar-refractivity contribution is 0.592. The van der Waals surface area contributed by atoms with Gasteiger partial charge in [0.25, 0.3) is 10.0 Å². The summed E-state index contributed by atoms with van der Waals surface area (Å²) in [6.45, 7) is 3.54. The Morgan fingerprint density at radius 1 is 1.25 bits per heavy atom. The van der Waals surface area contributed by atoms with Crippen LogP contribution in [-0.4, -0.2) is 13.4 Å². The van der Waals surface area contributed by atoms with Gasteiger partial charge in [0.15, 0.2) is 0 Å². The van der Waals surface area contributed by atoms with Gasteiger partial charge in [-0.25, -0.2) is 12.8 Å². The zero-order valence-electron chi connectivity index (χ0n) is 11.0. The third kappa shape index (κ3) is 2.72. The number of sulfonamides is 1. The minimum absolute atomic E-state index is 0.240. The minimum Gasteiger partial charge on any atom is -0.398 e. The SMILES string of the molecule is Cc1ccc(NS(=O)(=O)c2cncc(F)c2)c(C)c1N. The Kier molecular flexibility index (Phi) is 3.63. The van der Waals surface area contributed by atoms with E-state index in [2.05, 4.69) is 9.71 Å². The highest BCUT2D eigenvalue weighted by Crippen LogP contribution is 2.26. The molecule has 2 aromatic rings. The standard InChI is InChI=1S/C13H14FN3O2S/c1-8-3-4-12(9(2)13(8)15)17-20(18,19)11-5-10(14)6-16-7-11/h3-7,17H,15H2,1-2H3. The van der Waals surface area contributed by atoms with E-state index in [0.29, 0.717) is 16.9 Å². The van der Waals surface area contributed by atoms with Crippen LogP contribution in [0.2, 0.25) is 0 Å². The smallest absolute Gasteiger partial charge is 0.263 e. The fraction of sp³-hybridized carbons (Fsp3) is 0.154. The number of benzene rings is 1. The molecule has 0 aliphatic carbocycles. The first-order valence-electron chi connectivity index (χ1n) is 5.80. The first kappa shape index (κ1) is 14.3. The van der Waals surface area contributed by atoms with E-state index in [0.717, 1.165) is 24.0 Å². The molecule has 0 saturated carbocycles. The number of anilines is 2. The van der Waals surface area contributed by atoms with Crippen LogP contribution in [0.15, 0.2) is 35.5 Å². The first-order valence-corrected chi connectivity index (χ1v) is 7.28. The molecule has 0 unspecified atom stereocenters. The van der Waals surface area contributed by atoms with E-state index in [1.807, 2.05) is 6.92 Å². The van der Waals surface area contributed by atoms with Crippen LogP contribution in [0, 0.1) is 19.7 Å². The van der Waals surface area contributed by atoms with Gasteiger partial charge in [0.05, 0.1) is 11.9 Å². The molecule has 0 fully saturated rings. The summed E-state index contributed by atoms with van der Waals surface area (Å²) >= 11 is 0. The molecule has 0 spiro atoms. The van der Waals surface area contributed by atoms with Crippen LogP contribution in [0.25, 0.3) is 0 Å². The van der Waals surface area contributed by atoms with Crippen LogP contribution >= 0.6 is 0 Å². The lowest BCUT2D eigenvalue weighted by Gasteiger charge is -2.13. The molecule has 0 aliphatic heterocycles. The van der Waals surface area contributed by atoms with Crippen molar-refractivity contribution in [3.63, 3.8) is 0 Å². The highest BCUT2D eigenvalue weighted by Gasteiger charge is 2.17. The van der Waals surface area contributed by atoms with E-state index in [4.69, 9.17) is 5.73 Å². The van der Waals surface area contributed by atoms with Gasteiger partial charge in [0.1, 0.15) is 10.7 Å². The van der Waals surface area contributed by atoms with Gasteiger partial charge in [0.2, 0.25) is 0 Å². The van der Waals surface area contributed by atoms with Crippen LogP contribution in [0.3, 0.4) is 0 Å². The average molecular weight is 295 g/mol. The normalized spacial score (nSPS) is 11.3. The summed E-state index contributed by atoms with van der Waals surface area (Å²) in [6, 6.07) is 4.23. The van der Waals surface area contributed by atoms with Gasteiger partial charge in [-0.05, 0) is 37.1 Å². The zero-order chi connectivity index (χ0) is 14.9. The van der Waals surface area contributed by atoms with Crippen molar-refractivity contribution in [3.8, 4) is 0 Å². The molecular weight excluding hydrogens is 281 g/mol. The molecule has 0 saturated heterocycles. The van der Waals surface area contributed by atoms with Crippen molar-refractivity contribution in [1.29, 1.82) is 0 Å². The van der Waals surface area contributed by atoms with Crippen molar-refractivity contribution in [3.05, 3.63) is 47.5 Å². The molecule has 20 heavy (non-hydrogen) atoms. The van der Waals surface area contributed by atoms with E-state index in [1.54, 1.807) is 19.1 Å². The summed E-state index contributed by atoms with van der Waals surface area (Å²) in [6.07, 6.45) is 2.02. The Bertz CT molecular complexity index is 760. The van der Waals surface area contributed by atoms with Gasteiger partial charge >= 0.3 is 0 Å². The Morgan fingerprint density at radius 2 is 1.95 bits per heavy atom. The van der Waals surface area contributed by atoms with Crippen molar-refractivity contribution in [2.45, 2.75) is 18.7 Å². The zero-order valence-corrected chi connectivity index (χ0v) is 11.8. The fourth-order valence-corrected chi connectivity index (χ4v) is 2.81. The van der Waals surface area contributed by atoms with Crippen molar-refractivity contribution in [1.82, 2.24) is 4.98 Å². The second-order valence-electron chi connectivity index (χ2n) is 4.41. The van der Waals surface area contributed by atoms with Crippen molar-refractivity contribution in [2.75, 3.05) is 10.5 Å². The van der Waals surface area contributed by atoms with Gasteiger partial charge in [-0.3, -0.25) is 9.71 Å². The van der Waals surface area contributed by atoms with Gasteiger partial charge in [0, 0.05) is 11.9 Å². The van der Waals surface area contributed by atoms with Gasteiger partial charge < -0.3 is 5.73 Å². The highest BCUT2D eigenvalue weighted by molar-refractivity contribution is 7.92. The fourth-order valence-electron chi connectivity index (χ4n) is 1.72. The first-order chi connectivity index (χ1) is 9.31. The molecule has 1 heterocycles. The number of nitrogen functional groups attached to an aromatic ring is 1. The second-order valence-corrected chi connectivity index (χ2v) is 6.10. The Balaban J connectivity index is 2.41. The van der Waals surface area contributed by atoms with E-state index >= 15 is 0 Å². The number of hydrogen-bond donors (Lipinski definition) is 2. The molecule has 106 valence electrons. The van der Waals surface area contributed by atoms with Gasteiger partial charge in [-0.1, -0.05) is 6.07 Å². The van der Waals surface area contributed by atoms with Crippen molar-refractivity contribution >= 4 is 21.4 Å². The summed E-state index contributed by atoms with van der Waals surface area (Å²) in [7, 11) is -3.90. The number of pyridine rings is 1. The number of nitrogens with two attached hydrogens (primary N) is 1. The van der Waals surface area contributed by atoms with Crippen LogP contribution < -0.4 is 10.5 Å². The van der Waals surface area contributed by atoms with E-state index in [9.17, 15) is 12.8 Å². The molecule has 0 atom stereocenters. The summed E-state index contributed by atoms with van der Waals surface area (Å²) in [4.78, 5) is 3.29. The summed E-state index contributed by atoms with van der Waals surface area (Å²) in [5.74, 6) is -0.715. The average Bonchev–Trinajstić information content (AvgIpc) is 2.39. The number of halogens is 1. The third-order valence-corrected chi connectivity index (χ3v) is 4.30. The van der Waals surface area contributed by atoms with Crippen LogP contribution in [0.1, 0.15) is 11.1 Å². The molecule has 0 amide bonds. The highest BCUT2D eigenvalue weighted by atomic mass is 32.2. The lowest BCUT2D eigenvalue weighted by Crippen LogP contribution is -2.15. The number of nitrogens with one attached hydrogen (secondary N) is 1. The summed E-state index contributed by atoms with van der Waals surface area (Å²) in [5.41, 5.74) is 8.21. The Hall–Kier alpha value is -2.15. The predicted octanol–water partition coefficient (Wildman–Crippen LogP) is 2.22. The molecule has 2 rings (SSSR count). The maximum absolute atomic E-state index is 13.1. The molecule has 5 nitrogen and oxygen atoms in total. The minimum atomic E-state index is -3.90. The molecule has 0 aliphatic rings. The largest absolute Gasteiger partial charge is 0.398 e. The number of nitrogens with zero attached hydrogens (tertiary/aromatic N) is 1. The summed E-state index contributed by atoms with van der Waals surface area (Å²) in [5, 5.41) is 0. The number of rotatable bonds is 3. The predicted molar refractivity (Wildman–Crippen MR) is 75.3 cm³/mol. The molecular formula is C13H14FN3O2S. The molecule has 0 radical (unpaired) electrons. The van der Waals surface area contributed by atoms with Crippen LogP contribution in [0.4, 0.5) is 15.8 Å². The lowest BCUT2D eigenvalue weighted by atomic mass is 10.1. The van der Waals surface area contributed by atoms with Crippen molar-refractivity contribution < 1.29 is 12.8 Å². The maximum Gasteiger partial charge on any atom is 0.263 e. The number of aromatic nitrogens is 1. The molecule has 3 N–H and O–H groups in total. The number of hydrogen-bond acceptors (Lipinski definition) is 4. The van der Waals surface area contributed by atoms with Gasteiger partial charge in [-0.15, -0.1) is 0 Å². The Morgan fingerprint density at radius 3 is 2.60 bits per heavy atom. The van der Waals surface area contributed by atoms with E-state index in [1.165, 1.54) is 0 Å². The van der Waals surface area contributed by atoms with E-state index < -0.39 is 15.8 Å². The Labute approximate surface area is 116 Å². The second kappa shape index (κ2) is 5.09. The van der Waals surface area contributed by atoms with Gasteiger partial charge in [-0.2, -0.15) is 0 Å². The molecule has 0 bridgehead atoms. The van der Waals surface area contributed by atoms with Crippen LogP contribution in [-0.2, 0) is 10.0 Å². The molecule has 1 aromatic heterocycles. The van der Waals surface area contributed by atoms with Crippen molar-refractivity contribution in [2.24, 2.45) is 0 Å². The molecule has 1 aromatic carbocycles. The topological polar surface area (TPSA) is 85.1 Å². The third-order valence-electron chi connectivity index (χ3n) is 2.97. The summed E-state index contributed by atoms with van der Waals surface area (Å²) < 4.78 is 39.7.